The van der Waals surface area contributed by atoms with Crippen LogP contribution in [0, 0.1) is 5.92 Å². The lowest BCUT2D eigenvalue weighted by Crippen LogP contribution is -2.51. The van der Waals surface area contributed by atoms with E-state index in [2.05, 4.69) is 4.90 Å². The molecule has 0 aromatic heterocycles. The quantitative estimate of drug-likeness (QED) is 0.443. The molecule has 0 aliphatic carbocycles. The van der Waals surface area contributed by atoms with Gasteiger partial charge >= 0.3 is 0 Å². The summed E-state index contributed by atoms with van der Waals surface area (Å²) in [5.41, 5.74) is 0.769. The number of hydrogen-bond donors (Lipinski definition) is 2. The van der Waals surface area contributed by atoms with Crippen molar-refractivity contribution in [3.8, 4) is 11.5 Å². The molecule has 0 unspecified atom stereocenters. The predicted octanol–water partition coefficient (Wildman–Crippen LogP) is 3.05. The number of phenols is 2. The van der Waals surface area contributed by atoms with Crippen molar-refractivity contribution in [3.05, 3.63) is 48.0 Å². The summed E-state index contributed by atoms with van der Waals surface area (Å²) in [7, 11) is -7.06. The average molecular weight is 595 g/mol. The molecule has 220 valence electrons. The zero-order valence-electron chi connectivity index (χ0n) is 22.7. The van der Waals surface area contributed by atoms with Crippen LogP contribution in [0.3, 0.4) is 0 Å². The molecule has 12 heteroatoms. The molecular weight excluding hydrogens is 556 g/mol. The maximum atomic E-state index is 13.1. The van der Waals surface area contributed by atoms with Gasteiger partial charge in [-0.25, -0.2) is 21.1 Å². The molecule has 0 spiro atoms. The number of benzene rings is 2. The number of hydrogen-bond acceptors (Lipinski definition) is 9. The Kier molecular flexibility index (Phi) is 8.47. The van der Waals surface area contributed by atoms with E-state index < -0.39 is 31.4 Å². The Bertz CT molecular complexity index is 1390. The molecule has 0 atom stereocenters. The second-order valence-corrected chi connectivity index (χ2v) is 14.8. The molecule has 5 rings (SSSR count). The van der Waals surface area contributed by atoms with Crippen LogP contribution in [0.25, 0.3) is 0 Å². The van der Waals surface area contributed by atoms with Crippen LogP contribution in [0.5, 0.6) is 11.5 Å². The van der Waals surface area contributed by atoms with E-state index in [1.54, 1.807) is 16.4 Å². The molecule has 0 amide bonds. The number of sulfone groups is 1. The molecule has 3 aliphatic heterocycles. The number of sulfonamides is 1. The fourth-order valence-corrected chi connectivity index (χ4v) is 9.08. The first-order chi connectivity index (χ1) is 19.1. The molecule has 0 radical (unpaired) electrons. The molecule has 40 heavy (non-hydrogen) atoms. The first kappa shape index (κ1) is 29.3. The molecule has 10 nitrogen and oxygen atoms in total. The summed E-state index contributed by atoms with van der Waals surface area (Å²) in [6.45, 7) is 5.67. The van der Waals surface area contributed by atoms with Crippen LogP contribution in [-0.4, -0.2) is 87.4 Å². The number of likely N-dealkylation sites (tertiary alicyclic amines) is 1. The van der Waals surface area contributed by atoms with Crippen molar-refractivity contribution < 1.29 is 36.5 Å². The molecule has 3 aliphatic rings. The van der Waals surface area contributed by atoms with Gasteiger partial charge in [-0.05, 0) is 69.5 Å². The molecule has 0 saturated carbocycles. The first-order valence-electron chi connectivity index (χ1n) is 13.9. The second kappa shape index (κ2) is 11.6. The molecule has 2 N–H and O–H groups in total. The number of piperidine rings is 2. The summed E-state index contributed by atoms with van der Waals surface area (Å²) in [6.07, 6.45) is 3.99. The van der Waals surface area contributed by atoms with Gasteiger partial charge in [0.1, 0.15) is 0 Å². The van der Waals surface area contributed by atoms with Gasteiger partial charge in [0, 0.05) is 36.7 Å². The van der Waals surface area contributed by atoms with Crippen LogP contribution >= 0.6 is 0 Å². The maximum Gasteiger partial charge on any atom is 0.214 e. The zero-order valence-corrected chi connectivity index (χ0v) is 24.4. The van der Waals surface area contributed by atoms with Crippen LogP contribution < -0.4 is 0 Å². The van der Waals surface area contributed by atoms with Gasteiger partial charge in [0.2, 0.25) is 19.9 Å². The van der Waals surface area contributed by atoms with Crippen molar-refractivity contribution >= 4 is 19.9 Å². The highest BCUT2D eigenvalue weighted by Gasteiger charge is 2.47. The molecule has 2 aromatic carbocycles. The normalized spacial score (nSPS) is 22.0. The van der Waals surface area contributed by atoms with Crippen molar-refractivity contribution in [2.24, 2.45) is 5.92 Å². The first-order valence-corrected chi connectivity index (χ1v) is 17.0. The summed E-state index contributed by atoms with van der Waals surface area (Å²) in [4.78, 5) is 2.42. The number of ether oxygens (including phenoxy) is 2. The Hall–Kier alpha value is -2.22. The zero-order chi connectivity index (χ0) is 28.5. The molecule has 3 heterocycles. The van der Waals surface area contributed by atoms with Crippen LogP contribution in [0.15, 0.2) is 52.3 Å². The molecule has 3 saturated heterocycles. The number of aromatic hydroxyl groups is 2. The monoisotopic (exact) mass is 594 g/mol. The molecule has 3 fully saturated rings. The smallest absolute Gasteiger partial charge is 0.214 e. The molecule has 0 bridgehead atoms. The summed E-state index contributed by atoms with van der Waals surface area (Å²) in [5, 5.41) is 19.3. The lowest BCUT2D eigenvalue weighted by atomic mass is 9.83. The minimum Gasteiger partial charge on any atom is -0.504 e. The Morgan fingerprint density at radius 3 is 2.00 bits per heavy atom. The Morgan fingerprint density at radius 1 is 0.825 bits per heavy atom. The second-order valence-electron chi connectivity index (χ2n) is 10.8. The van der Waals surface area contributed by atoms with Gasteiger partial charge in [-0.2, -0.15) is 0 Å². The Balaban J connectivity index is 1.25. The van der Waals surface area contributed by atoms with Gasteiger partial charge in [-0.3, -0.25) is 0 Å². The standard InChI is InChI=1S/C28H38N2O8S2/c1-2-19-39(33,34)30-15-11-23(12-16-30)29-13-9-22(10-14-29)28(37-17-18-38-28)21-3-5-24(6-4-21)40(35,36)25-7-8-26(31)27(32)20-25/h3-8,20,22-23,31-32H,2,9-19H2,1H3. The van der Waals surface area contributed by atoms with Crippen molar-refractivity contribution in [3.63, 3.8) is 0 Å². The summed E-state index contributed by atoms with van der Waals surface area (Å²) in [6, 6.07) is 10.3. The fourth-order valence-electron chi connectivity index (χ4n) is 6.26. The van der Waals surface area contributed by atoms with Crippen LogP contribution in [-0.2, 0) is 35.1 Å². The lowest BCUT2D eigenvalue weighted by Gasteiger charge is -2.45. The number of phenolic OH excluding ortho intramolecular Hbond substituents is 2. The third kappa shape index (κ3) is 5.62. The minimum absolute atomic E-state index is 0.0663. The van der Waals surface area contributed by atoms with Crippen LogP contribution in [0.2, 0.25) is 0 Å². The van der Waals surface area contributed by atoms with Gasteiger partial charge in [0.05, 0.1) is 28.8 Å². The third-order valence-electron chi connectivity index (χ3n) is 8.40. The van der Waals surface area contributed by atoms with E-state index in [0.717, 1.165) is 56.5 Å². The van der Waals surface area contributed by atoms with E-state index in [1.165, 1.54) is 18.2 Å². The van der Waals surface area contributed by atoms with Crippen LogP contribution in [0.1, 0.15) is 44.6 Å². The van der Waals surface area contributed by atoms with Gasteiger partial charge in [-0.1, -0.05) is 19.1 Å². The van der Waals surface area contributed by atoms with Gasteiger partial charge in [0.25, 0.3) is 0 Å². The summed E-state index contributed by atoms with van der Waals surface area (Å²) >= 11 is 0. The highest BCUT2D eigenvalue weighted by atomic mass is 32.2. The van der Waals surface area contributed by atoms with E-state index in [-0.39, 0.29) is 27.2 Å². The van der Waals surface area contributed by atoms with Crippen molar-refractivity contribution in [2.45, 2.75) is 60.6 Å². The van der Waals surface area contributed by atoms with Gasteiger partial charge < -0.3 is 24.6 Å². The predicted molar refractivity (Wildman–Crippen MR) is 148 cm³/mol. The van der Waals surface area contributed by atoms with E-state index in [0.29, 0.717) is 38.8 Å². The van der Waals surface area contributed by atoms with E-state index in [4.69, 9.17) is 9.47 Å². The van der Waals surface area contributed by atoms with Gasteiger partial charge in [0.15, 0.2) is 17.3 Å². The van der Waals surface area contributed by atoms with E-state index >= 15 is 0 Å². The maximum absolute atomic E-state index is 13.1. The number of nitrogens with zero attached hydrogens (tertiary/aromatic N) is 2. The van der Waals surface area contributed by atoms with E-state index in [9.17, 15) is 27.0 Å². The molecular formula is C28H38N2O8S2. The minimum atomic E-state index is -3.90. The summed E-state index contributed by atoms with van der Waals surface area (Å²) < 4.78 is 65.2. The largest absolute Gasteiger partial charge is 0.504 e. The Morgan fingerprint density at radius 2 is 1.43 bits per heavy atom. The lowest BCUT2D eigenvalue weighted by molar-refractivity contribution is -0.215. The average Bonchev–Trinajstić information content (AvgIpc) is 3.46. The number of rotatable bonds is 8. The Labute approximate surface area is 236 Å². The summed E-state index contributed by atoms with van der Waals surface area (Å²) in [5.74, 6) is -1.53. The van der Waals surface area contributed by atoms with Crippen LogP contribution in [0.4, 0.5) is 0 Å². The highest BCUT2D eigenvalue weighted by Crippen LogP contribution is 2.44. The van der Waals surface area contributed by atoms with Gasteiger partial charge in [-0.15, -0.1) is 0 Å². The molecule has 2 aromatic rings. The topological polar surface area (TPSA) is 134 Å². The highest BCUT2D eigenvalue weighted by molar-refractivity contribution is 7.91. The fraction of sp³-hybridized carbons (Fsp3) is 0.571. The van der Waals surface area contributed by atoms with E-state index in [1.807, 2.05) is 6.92 Å². The third-order valence-corrected chi connectivity index (χ3v) is 12.2. The SMILES string of the molecule is CCCS(=O)(=O)N1CCC(N2CCC(C3(c4ccc(S(=O)(=O)c5ccc(O)c(O)c5)cc4)OCCO3)CC2)CC1. The van der Waals surface area contributed by atoms with Crippen molar-refractivity contribution in [1.82, 2.24) is 9.21 Å². The van der Waals surface area contributed by atoms with Crippen molar-refractivity contribution in [1.29, 1.82) is 0 Å². The van der Waals surface area contributed by atoms with Crippen molar-refractivity contribution in [2.75, 3.05) is 45.1 Å².